The lowest BCUT2D eigenvalue weighted by molar-refractivity contribution is -0.141. The van der Waals surface area contributed by atoms with Crippen molar-refractivity contribution in [1.82, 2.24) is 10.6 Å². The fraction of sp³-hybridized carbons (Fsp3) is 0.300. The summed E-state index contributed by atoms with van der Waals surface area (Å²) in [7, 11) is 0. The Morgan fingerprint density at radius 3 is 2.65 bits per heavy atom. The zero-order valence-electron chi connectivity index (χ0n) is 17.2. The smallest absolute Gasteiger partial charge is 0.354 e. The van der Waals surface area contributed by atoms with Gasteiger partial charge in [-0.25, -0.2) is 14.4 Å². The molecule has 1 aliphatic heterocycles. The number of carbonyl (C=O) groups is 4. The molecule has 1 aromatic heterocycles. The summed E-state index contributed by atoms with van der Waals surface area (Å²) in [5.74, 6) is -4.60. The molecule has 0 saturated heterocycles. The van der Waals surface area contributed by atoms with Crippen molar-refractivity contribution in [2.75, 3.05) is 12.3 Å². The van der Waals surface area contributed by atoms with Gasteiger partial charge < -0.3 is 30.4 Å². The molecule has 2 amide bonds. The van der Waals surface area contributed by atoms with Crippen LogP contribution in [0, 0.1) is 0 Å². The fourth-order valence-electron chi connectivity index (χ4n) is 3.06. The molecule has 180 valence electrons. The molecule has 5 N–H and O–H groups in total. The second-order valence-electron chi connectivity index (χ2n) is 7.19. The molecule has 4 unspecified atom stereocenters. The van der Waals surface area contributed by atoms with E-state index in [4.69, 9.17) is 21.1 Å². The average Bonchev–Trinajstić information content (AvgIpc) is 2.76. The van der Waals surface area contributed by atoms with Gasteiger partial charge in [0.25, 0.3) is 5.91 Å². The van der Waals surface area contributed by atoms with Crippen molar-refractivity contribution in [1.29, 1.82) is 0 Å². The van der Waals surface area contributed by atoms with Crippen LogP contribution in [-0.4, -0.2) is 80.0 Å². The highest BCUT2D eigenvalue weighted by Gasteiger charge is 2.34. The Balaban J connectivity index is 1.70. The van der Waals surface area contributed by atoms with Gasteiger partial charge in [-0.2, -0.15) is 0 Å². The van der Waals surface area contributed by atoms with Gasteiger partial charge in [-0.1, -0.05) is 12.7 Å². The van der Waals surface area contributed by atoms with Crippen molar-refractivity contribution in [3.63, 3.8) is 0 Å². The lowest BCUT2D eigenvalue weighted by atomic mass is 10.1. The van der Waals surface area contributed by atoms with E-state index in [0.29, 0.717) is 5.22 Å². The first-order valence-corrected chi connectivity index (χ1v) is 11.1. The quantitative estimate of drug-likeness (QED) is 0.247. The average molecular weight is 512 g/mol. The predicted molar refractivity (Wildman–Crippen MR) is 121 cm³/mol. The molecule has 0 radical (unpaired) electrons. The molecule has 12 nitrogen and oxygen atoms in total. The number of aliphatic hydroxyl groups excluding tert-OH is 1. The fourth-order valence-corrected chi connectivity index (χ4v) is 4.33. The zero-order valence-corrected chi connectivity index (χ0v) is 18.8. The first kappa shape index (κ1) is 25.2. The predicted octanol–water partition coefficient (Wildman–Crippen LogP) is -2.36. The van der Waals surface area contributed by atoms with E-state index >= 15 is 0 Å². The molecule has 1 aromatic rings. The van der Waals surface area contributed by atoms with Crippen LogP contribution in [0.3, 0.4) is 0 Å². The maximum atomic E-state index is 12.4. The Morgan fingerprint density at radius 1 is 1.29 bits per heavy atom. The number of hydrogen-bond donors (Lipinski definition) is 5. The summed E-state index contributed by atoms with van der Waals surface area (Å²) in [4.78, 5) is 63.5. The van der Waals surface area contributed by atoms with Crippen LogP contribution in [0.4, 0.5) is 0 Å². The molecule has 0 saturated carbocycles. The normalized spacial score (nSPS) is 22.2. The molecule has 14 heteroatoms. The molecule has 34 heavy (non-hydrogen) atoms. The van der Waals surface area contributed by atoms with Gasteiger partial charge in [0.1, 0.15) is 22.1 Å². The third-order valence-electron chi connectivity index (χ3n) is 4.74. The highest BCUT2D eigenvalue weighted by Crippen LogP contribution is 2.25. The number of fused-ring (bicyclic) bond motifs is 1. The topological polar surface area (TPSA) is 196 Å². The summed E-state index contributed by atoms with van der Waals surface area (Å²) >= 11 is 6.92. The van der Waals surface area contributed by atoms with Gasteiger partial charge in [0.2, 0.25) is 5.91 Å². The van der Waals surface area contributed by atoms with E-state index < -0.39 is 64.4 Å². The van der Waals surface area contributed by atoms with Crippen LogP contribution in [0.2, 0.25) is 0 Å². The number of thioether (sulfide) groups is 1. The van der Waals surface area contributed by atoms with Crippen molar-refractivity contribution < 1.29 is 38.9 Å². The zero-order chi connectivity index (χ0) is 25.2. The SMILES string of the molecule is C=C1CSC(C(NC(=O)CNC(=O)c2cc3c(oc2=O)=CC(O)C(Cl)C=3)C(=O)O)N=C1C(=O)O. The van der Waals surface area contributed by atoms with E-state index in [1.807, 2.05) is 0 Å². The van der Waals surface area contributed by atoms with Crippen molar-refractivity contribution >= 4 is 65.0 Å². The third-order valence-corrected chi connectivity index (χ3v) is 6.36. The van der Waals surface area contributed by atoms with Crippen LogP contribution in [0.1, 0.15) is 10.4 Å². The number of aliphatic carboxylic acids is 2. The number of alkyl halides is 1. The minimum absolute atomic E-state index is 0.0435. The van der Waals surface area contributed by atoms with E-state index in [2.05, 4.69) is 22.2 Å². The summed E-state index contributed by atoms with van der Waals surface area (Å²) < 4.78 is 5.02. The van der Waals surface area contributed by atoms with Gasteiger partial charge in [0, 0.05) is 11.0 Å². The Hall–Kier alpha value is -3.42. The van der Waals surface area contributed by atoms with Gasteiger partial charge >= 0.3 is 17.6 Å². The van der Waals surface area contributed by atoms with E-state index in [9.17, 15) is 34.2 Å². The summed E-state index contributed by atoms with van der Waals surface area (Å²) in [6.45, 7) is 2.87. The Bertz CT molecular complexity index is 1290. The lowest BCUT2D eigenvalue weighted by Gasteiger charge is -2.25. The molecule has 2 aliphatic rings. The molecular formula is C20H18ClN3O9S. The number of carbonyl (C=O) groups excluding carboxylic acids is 2. The maximum absolute atomic E-state index is 12.4. The lowest BCUT2D eigenvalue weighted by Crippen LogP contribution is -2.51. The number of aliphatic imine (C=N–C) groups is 1. The summed E-state index contributed by atoms with van der Waals surface area (Å²) in [5.41, 5.74) is -1.56. The highest BCUT2D eigenvalue weighted by molar-refractivity contribution is 8.00. The van der Waals surface area contributed by atoms with Crippen LogP contribution < -0.4 is 26.9 Å². The summed E-state index contributed by atoms with van der Waals surface area (Å²) in [5, 5.41) is 31.1. The Morgan fingerprint density at radius 2 is 2.00 bits per heavy atom. The van der Waals surface area contributed by atoms with Crippen LogP contribution in [-0.2, 0) is 14.4 Å². The van der Waals surface area contributed by atoms with Crippen molar-refractivity contribution in [2.24, 2.45) is 4.99 Å². The molecule has 4 atom stereocenters. The minimum atomic E-state index is -1.58. The van der Waals surface area contributed by atoms with Crippen LogP contribution in [0.15, 0.2) is 32.4 Å². The second kappa shape index (κ2) is 10.2. The summed E-state index contributed by atoms with van der Waals surface area (Å²) in [6.07, 6.45) is 1.56. The van der Waals surface area contributed by atoms with Gasteiger partial charge in [-0.3, -0.25) is 14.6 Å². The summed E-state index contributed by atoms with van der Waals surface area (Å²) in [6, 6.07) is -0.386. The molecule has 1 aliphatic carbocycles. The van der Waals surface area contributed by atoms with Crippen LogP contribution in [0.5, 0.6) is 0 Å². The molecule has 0 aromatic carbocycles. The third kappa shape index (κ3) is 5.55. The monoisotopic (exact) mass is 511 g/mol. The number of amides is 2. The van der Waals surface area contributed by atoms with Crippen molar-refractivity contribution in [2.45, 2.75) is 22.9 Å². The van der Waals surface area contributed by atoms with Crippen molar-refractivity contribution in [3.8, 4) is 0 Å². The van der Waals surface area contributed by atoms with Crippen LogP contribution >= 0.6 is 23.4 Å². The number of aliphatic hydroxyl groups is 1. The Kier molecular flexibility index (Phi) is 7.59. The molecule has 0 fully saturated rings. The van der Waals surface area contributed by atoms with Gasteiger partial charge in [0.05, 0.1) is 18.0 Å². The number of carboxylic acid groups (broad SMARTS) is 2. The standard InChI is InChI=1S/C20H18ClN3O9S/c1-7-6-34-17(24-14(7)18(28)29)15(19(30)31)23-13(26)5-22-16(27)9-2-8-3-10(21)11(25)4-12(8)33-20(9)32/h2-4,10-11,15,17,25H,1,5-6H2,(H,22,27)(H,23,26)(H,28,29)(H,30,31). The number of halogens is 1. The van der Waals surface area contributed by atoms with Gasteiger partial charge in [-0.15, -0.1) is 23.4 Å². The minimum Gasteiger partial charge on any atom is -0.480 e. The highest BCUT2D eigenvalue weighted by atomic mass is 35.5. The van der Waals surface area contributed by atoms with Crippen molar-refractivity contribution in [3.05, 3.63) is 44.8 Å². The van der Waals surface area contributed by atoms with Crippen LogP contribution in [0.25, 0.3) is 12.2 Å². The molecule has 3 rings (SSSR count). The number of nitrogens with one attached hydrogen (secondary N) is 2. The second-order valence-corrected chi connectivity index (χ2v) is 8.80. The van der Waals surface area contributed by atoms with Gasteiger partial charge in [-0.05, 0) is 17.7 Å². The molecule has 0 spiro atoms. The Labute approximate surface area is 199 Å². The molecular weight excluding hydrogens is 494 g/mol. The largest absolute Gasteiger partial charge is 0.480 e. The van der Waals surface area contributed by atoms with Gasteiger partial charge in [0.15, 0.2) is 6.04 Å². The maximum Gasteiger partial charge on any atom is 0.354 e. The number of rotatable bonds is 7. The first-order chi connectivity index (χ1) is 16.0. The number of carboxylic acids is 2. The first-order valence-electron chi connectivity index (χ1n) is 9.59. The number of hydrogen-bond acceptors (Lipinski definition) is 9. The molecule has 0 bridgehead atoms. The molecule has 2 heterocycles. The van der Waals surface area contributed by atoms with E-state index in [0.717, 1.165) is 11.8 Å². The van der Waals surface area contributed by atoms with E-state index in [-0.39, 0.29) is 22.5 Å². The van der Waals surface area contributed by atoms with E-state index in [1.165, 1.54) is 18.2 Å². The van der Waals surface area contributed by atoms with E-state index in [1.54, 1.807) is 0 Å². The number of nitrogens with zero attached hydrogens (tertiary/aromatic N) is 1.